The van der Waals surface area contributed by atoms with Gasteiger partial charge < -0.3 is 19.9 Å². The predicted molar refractivity (Wildman–Crippen MR) is 128 cm³/mol. The van der Waals surface area contributed by atoms with E-state index in [1.807, 2.05) is 44.2 Å². The number of benzene rings is 1. The Morgan fingerprint density at radius 1 is 1.09 bits per heavy atom. The first-order valence-corrected chi connectivity index (χ1v) is 11.4. The Labute approximate surface area is 193 Å². The monoisotopic (exact) mass is 458 g/mol. The number of aliphatic hydroxyl groups is 1. The molecule has 0 unspecified atom stereocenters. The molecule has 0 saturated heterocycles. The standard InChI is InChI=1S/C25H31FN2O3S/c1-24(2,30-5)13-14-31-16-18-7-6-8-22(27-18)28-23-12-11-21(32-23)19-10-9-17(15-20(19)26)25(3,4)29/h6-12,15,29H,13-14,16H2,1-5H3,(H,27,28). The van der Waals surface area contributed by atoms with Gasteiger partial charge in [-0.3, -0.25) is 0 Å². The molecule has 0 aliphatic heterocycles. The highest BCUT2D eigenvalue weighted by Gasteiger charge is 2.19. The first kappa shape index (κ1) is 24.3. The minimum absolute atomic E-state index is 0.207. The lowest BCUT2D eigenvalue weighted by Crippen LogP contribution is -2.24. The van der Waals surface area contributed by atoms with Crippen LogP contribution in [0.25, 0.3) is 10.4 Å². The van der Waals surface area contributed by atoms with E-state index in [2.05, 4.69) is 10.3 Å². The van der Waals surface area contributed by atoms with Gasteiger partial charge >= 0.3 is 0 Å². The average Bonchev–Trinajstić information content (AvgIpc) is 3.19. The number of methoxy groups -OCH3 is 1. The summed E-state index contributed by atoms with van der Waals surface area (Å²) in [6.45, 7) is 8.35. The van der Waals surface area contributed by atoms with Crippen LogP contribution in [0.1, 0.15) is 45.4 Å². The lowest BCUT2D eigenvalue weighted by atomic mass is 9.97. The number of halogens is 1. The number of aromatic nitrogens is 1. The molecule has 0 aliphatic carbocycles. The molecule has 2 N–H and O–H groups in total. The van der Waals surface area contributed by atoms with Crippen molar-refractivity contribution in [3.8, 4) is 10.4 Å². The maximum Gasteiger partial charge on any atom is 0.132 e. The number of nitrogens with zero attached hydrogens (tertiary/aromatic N) is 1. The molecule has 0 radical (unpaired) electrons. The molecule has 0 amide bonds. The Kier molecular flexibility index (Phi) is 7.67. The summed E-state index contributed by atoms with van der Waals surface area (Å²) >= 11 is 1.44. The van der Waals surface area contributed by atoms with E-state index in [1.54, 1.807) is 33.1 Å². The fraction of sp³-hybridized carbons (Fsp3) is 0.400. The van der Waals surface area contributed by atoms with Gasteiger partial charge in [-0.25, -0.2) is 9.37 Å². The summed E-state index contributed by atoms with van der Waals surface area (Å²) in [4.78, 5) is 5.40. The van der Waals surface area contributed by atoms with Crippen molar-refractivity contribution in [2.24, 2.45) is 0 Å². The predicted octanol–water partition coefficient (Wildman–Crippen LogP) is 6.25. The van der Waals surface area contributed by atoms with Gasteiger partial charge in [0.1, 0.15) is 11.6 Å². The van der Waals surface area contributed by atoms with Gasteiger partial charge in [0.2, 0.25) is 0 Å². The molecule has 7 heteroatoms. The van der Waals surface area contributed by atoms with Gasteiger partial charge in [-0.15, -0.1) is 11.3 Å². The molecule has 2 heterocycles. The van der Waals surface area contributed by atoms with Crippen molar-refractivity contribution >= 4 is 22.2 Å². The van der Waals surface area contributed by atoms with Crippen LogP contribution in [0.15, 0.2) is 48.5 Å². The van der Waals surface area contributed by atoms with E-state index in [-0.39, 0.29) is 11.4 Å². The molecule has 0 spiro atoms. The Bertz CT molecular complexity index is 1040. The van der Waals surface area contributed by atoms with Crippen molar-refractivity contribution in [3.63, 3.8) is 0 Å². The Hall–Kier alpha value is -2.32. The van der Waals surface area contributed by atoms with Gasteiger partial charge in [0.25, 0.3) is 0 Å². The van der Waals surface area contributed by atoms with E-state index in [0.29, 0.717) is 30.2 Å². The highest BCUT2D eigenvalue weighted by molar-refractivity contribution is 7.19. The molecular weight excluding hydrogens is 427 g/mol. The van der Waals surface area contributed by atoms with Crippen molar-refractivity contribution in [2.75, 3.05) is 19.0 Å². The van der Waals surface area contributed by atoms with Crippen LogP contribution in [-0.4, -0.2) is 29.4 Å². The van der Waals surface area contributed by atoms with Crippen LogP contribution in [0, 0.1) is 5.82 Å². The second-order valence-electron chi connectivity index (χ2n) is 8.82. The summed E-state index contributed by atoms with van der Waals surface area (Å²) in [5, 5.41) is 14.2. The van der Waals surface area contributed by atoms with Crippen LogP contribution in [0.4, 0.5) is 15.2 Å². The summed E-state index contributed by atoms with van der Waals surface area (Å²) in [7, 11) is 1.70. The molecule has 0 aliphatic rings. The molecule has 3 rings (SSSR count). The largest absolute Gasteiger partial charge is 0.386 e. The van der Waals surface area contributed by atoms with E-state index < -0.39 is 5.60 Å². The van der Waals surface area contributed by atoms with E-state index in [1.165, 1.54) is 17.4 Å². The minimum Gasteiger partial charge on any atom is -0.386 e. The normalized spacial score (nSPS) is 12.2. The van der Waals surface area contributed by atoms with Crippen LogP contribution < -0.4 is 5.32 Å². The van der Waals surface area contributed by atoms with Crippen molar-refractivity contribution in [1.29, 1.82) is 0 Å². The quantitative estimate of drug-likeness (QED) is 0.352. The fourth-order valence-corrected chi connectivity index (χ4v) is 3.94. The first-order valence-electron chi connectivity index (χ1n) is 10.6. The molecule has 1 aromatic carbocycles. The summed E-state index contributed by atoms with van der Waals surface area (Å²) in [6.07, 6.45) is 0.798. The Morgan fingerprint density at radius 3 is 2.56 bits per heavy atom. The zero-order chi connectivity index (χ0) is 23.4. The summed E-state index contributed by atoms with van der Waals surface area (Å²) in [6, 6.07) is 14.4. The molecule has 5 nitrogen and oxygen atoms in total. The number of ether oxygens (including phenoxy) is 2. The topological polar surface area (TPSA) is 63.6 Å². The summed E-state index contributed by atoms with van der Waals surface area (Å²) in [5.74, 6) is 0.349. The van der Waals surface area contributed by atoms with Crippen LogP contribution >= 0.6 is 11.3 Å². The first-order chi connectivity index (χ1) is 15.1. The zero-order valence-electron chi connectivity index (χ0n) is 19.2. The molecule has 0 bridgehead atoms. The third-order valence-corrected chi connectivity index (χ3v) is 6.29. The molecule has 0 fully saturated rings. The molecule has 0 atom stereocenters. The van der Waals surface area contributed by atoms with Gasteiger partial charge in [-0.1, -0.05) is 18.2 Å². The maximum atomic E-state index is 14.6. The zero-order valence-corrected chi connectivity index (χ0v) is 20.1. The molecule has 3 aromatic rings. The van der Waals surface area contributed by atoms with Gasteiger partial charge in [-0.2, -0.15) is 0 Å². The van der Waals surface area contributed by atoms with E-state index in [9.17, 15) is 9.50 Å². The average molecular weight is 459 g/mol. The second kappa shape index (κ2) is 10.1. The van der Waals surface area contributed by atoms with Gasteiger partial charge in [0.05, 0.1) is 28.5 Å². The summed E-state index contributed by atoms with van der Waals surface area (Å²) in [5.41, 5.74) is 0.590. The third-order valence-electron chi connectivity index (χ3n) is 5.26. The number of hydrogen-bond donors (Lipinski definition) is 2. The van der Waals surface area contributed by atoms with Crippen LogP contribution in [0.5, 0.6) is 0 Å². The lowest BCUT2D eigenvalue weighted by Gasteiger charge is -2.22. The molecule has 0 saturated carbocycles. The Morgan fingerprint density at radius 2 is 1.88 bits per heavy atom. The summed E-state index contributed by atoms with van der Waals surface area (Å²) < 4.78 is 25.8. The SMILES string of the molecule is COC(C)(C)CCOCc1cccc(Nc2ccc(-c3ccc(C(C)(C)O)cc3F)s2)n1. The highest BCUT2D eigenvalue weighted by Crippen LogP contribution is 2.35. The number of hydrogen-bond acceptors (Lipinski definition) is 6. The molecule has 2 aromatic heterocycles. The van der Waals surface area contributed by atoms with Crippen LogP contribution in [0.3, 0.4) is 0 Å². The fourth-order valence-electron chi connectivity index (χ4n) is 3.00. The Balaban J connectivity index is 1.63. The third kappa shape index (κ3) is 6.59. The highest BCUT2D eigenvalue weighted by atomic mass is 32.1. The van der Waals surface area contributed by atoms with E-state index >= 15 is 0 Å². The lowest BCUT2D eigenvalue weighted by molar-refractivity contribution is -0.0128. The van der Waals surface area contributed by atoms with Crippen molar-refractivity contribution in [3.05, 3.63) is 65.6 Å². The second-order valence-corrected chi connectivity index (χ2v) is 9.91. The van der Waals surface area contributed by atoms with Gasteiger partial charge in [-0.05, 0) is 70.0 Å². The van der Waals surface area contributed by atoms with Gasteiger partial charge in [0.15, 0.2) is 0 Å². The van der Waals surface area contributed by atoms with E-state index in [4.69, 9.17) is 9.47 Å². The number of anilines is 2. The van der Waals surface area contributed by atoms with Crippen LogP contribution in [0.2, 0.25) is 0 Å². The molecule has 32 heavy (non-hydrogen) atoms. The van der Waals surface area contributed by atoms with Gasteiger partial charge in [0, 0.05) is 24.2 Å². The number of thiophene rings is 1. The minimum atomic E-state index is -1.08. The molecular formula is C25H31FN2O3S. The maximum absolute atomic E-state index is 14.6. The van der Waals surface area contributed by atoms with Crippen molar-refractivity contribution < 1.29 is 19.0 Å². The van der Waals surface area contributed by atoms with Crippen molar-refractivity contribution in [1.82, 2.24) is 4.98 Å². The number of nitrogens with one attached hydrogen (secondary N) is 1. The van der Waals surface area contributed by atoms with Crippen molar-refractivity contribution in [2.45, 2.75) is 51.9 Å². The molecule has 172 valence electrons. The smallest absolute Gasteiger partial charge is 0.132 e. The van der Waals surface area contributed by atoms with E-state index in [0.717, 1.165) is 22.0 Å². The number of rotatable bonds is 10. The number of pyridine rings is 1. The van der Waals surface area contributed by atoms with Crippen LogP contribution in [-0.2, 0) is 21.7 Å².